The van der Waals surface area contributed by atoms with Gasteiger partial charge in [-0.2, -0.15) is 30.2 Å². The van der Waals surface area contributed by atoms with Crippen molar-refractivity contribution >= 4 is 33.8 Å². The molecule has 0 aromatic heterocycles. The molecule has 1 aliphatic heterocycles. The van der Waals surface area contributed by atoms with Gasteiger partial charge in [-0.25, -0.2) is 0 Å². The number of amides is 1. The third kappa shape index (κ3) is 5.71. The van der Waals surface area contributed by atoms with Crippen molar-refractivity contribution < 1.29 is 26.4 Å². The van der Waals surface area contributed by atoms with Gasteiger partial charge in [0.1, 0.15) is 0 Å². The maximum Gasteiger partial charge on any atom is 0.416 e. The number of alkyl halides is 3. The second-order valence-corrected chi connectivity index (χ2v) is 8.72. The summed E-state index contributed by atoms with van der Waals surface area (Å²) in [5.74, 6) is -0.418. The van der Waals surface area contributed by atoms with Crippen LogP contribution in [0, 0.1) is 0 Å². The van der Waals surface area contributed by atoms with Gasteiger partial charge < -0.3 is 4.90 Å². The van der Waals surface area contributed by atoms with Crippen LogP contribution in [-0.4, -0.2) is 67.1 Å². The zero-order chi connectivity index (χ0) is 21.8. The van der Waals surface area contributed by atoms with Crippen molar-refractivity contribution in [3.63, 3.8) is 0 Å². The molecular formula is C18H23ClF3N3O3S. The molecule has 2 rings (SSSR count). The lowest BCUT2D eigenvalue weighted by atomic mass is 10.1. The van der Waals surface area contributed by atoms with Gasteiger partial charge in [0, 0.05) is 50.4 Å². The van der Waals surface area contributed by atoms with Crippen molar-refractivity contribution in [1.82, 2.24) is 13.5 Å². The molecule has 1 aromatic carbocycles. The van der Waals surface area contributed by atoms with Crippen LogP contribution in [0.1, 0.15) is 25.0 Å². The Kier molecular flexibility index (Phi) is 7.72. The number of nitrogens with zero attached hydrogens (tertiary/aromatic N) is 3. The van der Waals surface area contributed by atoms with Crippen molar-refractivity contribution in [2.24, 2.45) is 0 Å². The van der Waals surface area contributed by atoms with E-state index in [2.05, 4.69) is 0 Å². The molecule has 0 atom stereocenters. The van der Waals surface area contributed by atoms with Crippen LogP contribution in [0.25, 0.3) is 6.08 Å². The summed E-state index contributed by atoms with van der Waals surface area (Å²) >= 11 is 5.92. The average Bonchev–Trinajstić information content (AvgIpc) is 2.67. The Morgan fingerprint density at radius 3 is 2.28 bits per heavy atom. The molecule has 0 radical (unpaired) electrons. The highest BCUT2D eigenvalue weighted by Crippen LogP contribution is 2.32. The van der Waals surface area contributed by atoms with E-state index in [0.29, 0.717) is 13.1 Å². The van der Waals surface area contributed by atoms with Gasteiger partial charge in [-0.15, -0.1) is 0 Å². The Morgan fingerprint density at radius 1 is 1.17 bits per heavy atom. The highest BCUT2D eigenvalue weighted by Gasteiger charge is 2.32. The minimum absolute atomic E-state index is 0.0811. The summed E-state index contributed by atoms with van der Waals surface area (Å²) in [6.45, 7) is 4.93. The van der Waals surface area contributed by atoms with Gasteiger partial charge >= 0.3 is 6.18 Å². The molecule has 0 bridgehead atoms. The van der Waals surface area contributed by atoms with E-state index in [4.69, 9.17) is 11.6 Å². The number of carbonyl (C=O) groups is 1. The molecule has 0 aliphatic carbocycles. The average molecular weight is 454 g/mol. The Labute approximate surface area is 173 Å². The molecule has 29 heavy (non-hydrogen) atoms. The van der Waals surface area contributed by atoms with E-state index in [-0.39, 0.29) is 36.8 Å². The number of rotatable bonds is 6. The van der Waals surface area contributed by atoms with E-state index in [1.54, 1.807) is 13.8 Å². The van der Waals surface area contributed by atoms with Crippen LogP contribution in [0.3, 0.4) is 0 Å². The first-order valence-corrected chi connectivity index (χ1v) is 10.9. The fourth-order valence-corrected chi connectivity index (χ4v) is 4.75. The number of benzene rings is 1. The van der Waals surface area contributed by atoms with Crippen molar-refractivity contribution in [2.45, 2.75) is 20.0 Å². The normalized spacial score (nSPS) is 16.7. The topological polar surface area (TPSA) is 60.9 Å². The zero-order valence-electron chi connectivity index (χ0n) is 16.1. The molecule has 1 fully saturated rings. The number of halogens is 4. The minimum Gasteiger partial charge on any atom is -0.337 e. The number of carbonyl (C=O) groups excluding carboxylic acids is 1. The zero-order valence-corrected chi connectivity index (χ0v) is 17.7. The largest absolute Gasteiger partial charge is 0.416 e. The fourth-order valence-electron chi connectivity index (χ4n) is 2.97. The molecule has 162 valence electrons. The molecule has 1 heterocycles. The van der Waals surface area contributed by atoms with Crippen LogP contribution in [0.4, 0.5) is 13.2 Å². The summed E-state index contributed by atoms with van der Waals surface area (Å²) < 4.78 is 66.2. The molecule has 0 spiro atoms. The van der Waals surface area contributed by atoms with Crippen molar-refractivity contribution in [1.29, 1.82) is 0 Å². The van der Waals surface area contributed by atoms with Gasteiger partial charge in [0.25, 0.3) is 10.2 Å². The Bertz CT molecular complexity index is 863. The van der Waals surface area contributed by atoms with Gasteiger partial charge in [-0.05, 0) is 29.8 Å². The lowest BCUT2D eigenvalue weighted by molar-refractivity contribution is -0.137. The fraction of sp³-hybridized carbons (Fsp3) is 0.500. The summed E-state index contributed by atoms with van der Waals surface area (Å²) in [6.07, 6.45) is -2.13. The molecule has 6 nitrogen and oxygen atoms in total. The molecular weight excluding hydrogens is 431 g/mol. The van der Waals surface area contributed by atoms with E-state index in [1.165, 1.54) is 19.6 Å². The van der Waals surface area contributed by atoms with Crippen LogP contribution in [-0.2, 0) is 21.2 Å². The van der Waals surface area contributed by atoms with Gasteiger partial charge in [-0.1, -0.05) is 25.4 Å². The van der Waals surface area contributed by atoms with Crippen molar-refractivity contribution in [2.75, 3.05) is 39.3 Å². The number of hydrogen-bond donors (Lipinski definition) is 0. The standard InChI is InChI=1S/C18H23ClF3N3O3S/c1-3-24(4-2)29(27,28)25-11-9-23(10-12-25)17(26)8-5-14-13-15(18(20,21)22)6-7-16(14)19/h5-8,13H,3-4,9-12H2,1-2H3/b8-5+. The molecule has 1 aromatic rings. The molecule has 0 saturated carbocycles. The first-order chi connectivity index (χ1) is 13.5. The SMILES string of the molecule is CCN(CC)S(=O)(=O)N1CCN(C(=O)/C=C/c2cc(C(F)(F)F)ccc2Cl)CC1. The Morgan fingerprint density at radius 2 is 1.76 bits per heavy atom. The van der Waals surface area contributed by atoms with E-state index in [9.17, 15) is 26.4 Å². The van der Waals surface area contributed by atoms with Gasteiger partial charge in [-0.3, -0.25) is 4.79 Å². The van der Waals surface area contributed by atoms with Gasteiger partial charge in [0.15, 0.2) is 0 Å². The van der Waals surface area contributed by atoms with Crippen molar-refractivity contribution in [3.05, 3.63) is 40.4 Å². The predicted octanol–water partition coefficient (Wildman–Crippen LogP) is 3.10. The van der Waals surface area contributed by atoms with E-state index in [1.807, 2.05) is 0 Å². The second kappa shape index (κ2) is 9.46. The third-order valence-corrected chi connectivity index (χ3v) is 7.17. The molecule has 1 saturated heterocycles. The van der Waals surface area contributed by atoms with E-state index >= 15 is 0 Å². The lowest BCUT2D eigenvalue weighted by Gasteiger charge is -2.35. The number of piperazine rings is 1. The van der Waals surface area contributed by atoms with Crippen LogP contribution < -0.4 is 0 Å². The predicted molar refractivity (Wildman–Crippen MR) is 105 cm³/mol. The van der Waals surface area contributed by atoms with E-state index < -0.39 is 27.9 Å². The quantitative estimate of drug-likeness (QED) is 0.622. The molecule has 0 N–H and O–H groups in total. The second-order valence-electron chi connectivity index (χ2n) is 6.38. The first kappa shape index (κ1) is 23.7. The summed E-state index contributed by atoms with van der Waals surface area (Å²) in [5, 5.41) is 0.0946. The smallest absolute Gasteiger partial charge is 0.337 e. The number of hydrogen-bond acceptors (Lipinski definition) is 3. The van der Waals surface area contributed by atoms with Crippen LogP contribution in [0.15, 0.2) is 24.3 Å². The monoisotopic (exact) mass is 453 g/mol. The van der Waals surface area contributed by atoms with Crippen LogP contribution >= 0.6 is 11.6 Å². The Balaban J connectivity index is 2.04. The Hall–Kier alpha value is -1.62. The summed E-state index contributed by atoms with van der Waals surface area (Å²) in [6, 6.07) is 2.88. The van der Waals surface area contributed by atoms with E-state index in [0.717, 1.165) is 24.3 Å². The molecule has 0 unspecified atom stereocenters. The third-order valence-electron chi connectivity index (χ3n) is 4.64. The first-order valence-electron chi connectivity index (χ1n) is 9.09. The minimum atomic E-state index is -4.51. The van der Waals surface area contributed by atoms with Gasteiger partial charge in [0.2, 0.25) is 5.91 Å². The maximum atomic E-state index is 12.8. The summed E-state index contributed by atoms with van der Waals surface area (Å²) in [7, 11) is -3.57. The lowest BCUT2D eigenvalue weighted by Crippen LogP contribution is -2.53. The summed E-state index contributed by atoms with van der Waals surface area (Å²) in [5.41, 5.74) is -0.776. The van der Waals surface area contributed by atoms with Crippen LogP contribution in [0.5, 0.6) is 0 Å². The van der Waals surface area contributed by atoms with Crippen molar-refractivity contribution in [3.8, 4) is 0 Å². The highest BCUT2D eigenvalue weighted by molar-refractivity contribution is 7.86. The molecule has 11 heteroatoms. The molecule has 1 amide bonds. The highest BCUT2D eigenvalue weighted by atomic mass is 35.5. The van der Waals surface area contributed by atoms with Gasteiger partial charge in [0.05, 0.1) is 5.56 Å². The summed E-state index contributed by atoms with van der Waals surface area (Å²) in [4.78, 5) is 13.8. The molecule has 1 aliphatic rings. The maximum absolute atomic E-state index is 12.8. The van der Waals surface area contributed by atoms with Crippen LogP contribution in [0.2, 0.25) is 5.02 Å².